The van der Waals surface area contributed by atoms with Gasteiger partial charge in [-0.25, -0.2) is 0 Å². The van der Waals surface area contributed by atoms with Gasteiger partial charge in [-0.1, -0.05) is 24.3 Å². The van der Waals surface area contributed by atoms with Crippen LogP contribution in [0.2, 0.25) is 0 Å². The Bertz CT molecular complexity index is 542. The molecule has 0 aliphatic heterocycles. The Morgan fingerprint density at radius 2 is 1.85 bits per heavy atom. The number of hydrogen-bond acceptors (Lipinski definition) is 3. The lowest BCUT2D eigenvalue weighted by Crippen LogP contribution is -2.34. The number of aliphatic carboxylic acids is 1. The van der Waals surface area contributed by atoms with Crippen molar-refractivity contribution in [2.75, 3.05) is 11.6 Å². The van der Waals surface area contributed by atoms with Crippen LogP contribution in [-0.4, -0.2) is 23.2 Å². The van der Waals surface area contributed by atoms with Crippen LogP contribution >= 0.6 is 11.8 Å². The Hall–Kier alpha value is -1.75. The van der Waals surface area contributed by atoms with Crippen LogP contribution in [0, 0.1) is 11.8 Å². The van der Waals surface area contributed by atoms with Gasteiger partial charge in [-0.2, -0.15) is 0 Å². The number of carbonyl (C=O) groups excluding carboxylic acids is 1. The first kappa shape index (κ1) is 14.7. The van der Waals surface area contributed by atoms with Crippen molar-refractivity contribution < 1.29 is 14.7 Å². The van der Waals surface area contributed by atoms with Crippen LogP contribution in [0.1, 0.15) is 12.8 Å². The number of hydrogen-bond donors (Lipinski definition) is 2. The maximum absolute atomic E-state index is 12.3. The van der Waals surface area contributed by atoms with E-state index in [-0.39, 0.29) is 5.91 Å². The molecule has 0 aromatic heterocycles. The van der Waals surface area contributed by atoms with E-state index in [1.807, 2.05) is 42.7 Å². The number of benzene rings is 1. The standard InChI is InChI=1S/C15H17NO3S/c1-20-13-9-5-4-8-12(13)16-14(17)10-6-2-3-7-11(10)15(18)19/h2-5,8-11H,6-7H2,1H3,(H,16,17)(H,18,19)/t10-,11+/m0/s1. The molecule has 5 heteroatoms. The van der Waals surface area contributed by atoms with Crippen LogP contribution in [0.5, 0.6) is 0 Å². The zero-order valence-electron chi connectivity index (χ0n) is 11.2. The van der Waals surface area contributed by atoms with Gasteiger partial charge in [0.15, 0.2) is 0 Å². The van der Waals surface area contributed by atoms with E-state index in [0.717, 1.165) is 10.6 Å². The second-order valence-electron chi connectivity index (χ2n) is 4.68. The van der Waals surface area contributed by atoms with Crippen molar-refractivity contribution in [3.05, 3.63) is 36.4 Å². The number of anilines is 1. The number of allylic oxidation sites excluding steroid dienone is 2. The average Bonchev–Trinajstić information content (AvgIpc) is 2.47. The largest absolute Gasteiger partial charge is 0.481 e. The first-order valence-electron chi connectivity index (χ1n) is 6.45. The Morgan fingerprint density at radius 3 is 2.50 bits per heavy atom. The number of carboxylic acid groups (broad SMARTS) is 1. The van der Waals surface area contributed by atoms with Gasteiger partial charge in [-0.15, -0.1) is 11.8 Å². The second kappa shape index (κ2) is 6.61. The lowest BCUT2D eigenvalue weighted by Gasteiger charge is -2.24. The molecule has 1 amide bonds. The van der Waals surface area contributed by atoms with Gasteiger partial charge in [0.1, 0.15) is 0 Å². The highest BCUT2D eigenvalue weighted by atomic mass is 32.2. The van der Waals surface area contributed by atoms with Crippen LogP contribution in [0.3, 0.4) is 0 Å². The predicted molar refractivity (Wildman–Crippen MR) is 79.8 cm³/mol. The number of carbonyl (C=O) groups is 2. The fraction of sp³-hybridized carbons (Fsp3) is 0.333. The van der Waals surface area contributed by atoms with Gasteiger partial charge in [-0.3, -0.25) is 9.59 Å². The van der Waals surface area contributed by atoms with Crippen molar-refractivity contribution in [3.63, 3.8) is 0 Å². The third kappa shape index (κ3) is 3.22. The summed E-state index contributed by atoms with van der Waals surface area (Å²) in [5, 5.41) is 12.1. The van der Waals surface area contributed by atoms with Gasteiger partial charge in [0.25, 0.3) is 0 Å². The Kier molecular flexibility index (Phi) is 4.84. The lowest BCUT2D eigenvalue weighted by molar-refractivity contribution is -0.146. The monoisotopic (exact) mass is 291 g/mol. The van der Waals surface area contributed by atoms with Gasteiger partial charge in [0.2, 0.25) is 5.91 Å². The number of para-hydroxylation sites is 1. The second-order valence-corrected chi connectivity index (χ2v) is 5.53. The van der Waals surface area contributed by atoms with Crippen molar-refractivity contribution in [2.45, 2.75) is 17.7 Å². The van der Waals surface area contributed by atoms with Gasteiger partial charge in [-0.05, 0) is 31.2 Å². The summed E-state index contributed by atoms with van der Waals surface area (Å²) < 4.78 is 0. The van der Waals surface area contributed by atoms with E-state index in [1.54, 1.807) is 11.8 Å². The molecule has 0 bridgehead atoms. The van der Waals surface area contributed by atoms with Crippen molar-refractivity contribution in [1.29, 1.82) is 0 Å². The molecule has 0 saturated carbocycles. The highest BCUT2D eigenvalue weighted by Crippen LogP contribution is 2.29. The third-order valence-corrected chi connectivity index (χ3v) is 4.25. The van der Waals surface area contributed by atoms with E-state index in [4.69, 9.17) is 0 Å². The molecule has 1 aliphatic rings. The predicted octanol–water partition coefficient (Wildman–Crippen LogP) is 3.01. The van der Waals surface area contributed by atoms with Crippen LogP contribution in [-0.2, 0) is 9.59 Å². The van der Waals surface area contributed by atoms with Gasteiger partial charge < -0.3 is 10.4 Å². The van der Waals surface area contributed by atoms with Crippen LogP contribution in [0.15, 0.2) is 41.3 Å². The van der Waals surface area contributed by atoms with Gasteiger partial charge in [0, 0.05) is 4.90 Å². The Labute approximate surface area is 122 Å². The molecule has 2 atom stereocenters. The van der Waals surface area contributed by atoms with Gasteiger partial charge >= 0.3 is 5.97 Å². The molecule has 4 nitrogen and oxygen atoms in total. The molecule has 1 aromatic rings. The van der Waals surface area contributed by atoms with E-state index in [9.17, 15) is 14.7 Å². The SMILES string of the molecule is CSc1ccccc1NC(=O)[C@H]1CC=CC[C@H]1C(=O)O. The number of carboxylic acids is 1. The molecule has 20 heavy (non-hydrogen) atoms. The molecule has 0 unspecified atom stereocenters. The molecular formula is C15H17NO3S. The maximum Gasteiger partial charge on any atom is 0.307 e. The van der Waals surface area contributed by atoms with E-state index in [0.29, 0.717) is 12.8 Å². The number of thioether (sulfide) groups is 1. The summed E-state index contributed by atoms with van der Waals surface area (Å²) in [6.07, 6.45) is 6.54. The quantitative estimate of drug-likeness (QED) is 0.661. The fourth-order valence-electron chi connectivity index (χ4n) is 2.35. The average molecular weight is 291 g/mol. The first-order chi connectivity index (χ1) is 9.63. The summed E-state index contributed by atoms with van der Waals surface area (Å²) in [6, 6.07) is 7.52. The number of amides is 1. The van der Waals surface area contributed by atoms with Crippen LogP contribution < -0.4 is 5.32 Å². The summed E-state index contributed by atoms with van der Waals surface area (Å²) in [6.45, 7) is 0. The molecule has 0 radical (unpaired) electrons. The summed E-state index contributed by atoms with van der Waals surface area (Å²) in [5.74, 6) is -2.27. The summed E-state index contributed by atoms with van der Waals surface area (Å²) in [5.41, 5.74) is 0.740. The van der Waals surface area contributed by atoms with Crippen molar-refractivity contribution >= 4 is 29.3 Å². The maximum atomic E-state index is 12.3. The zero-order chi connectivity index (χ0) is 14.5. The first-order valence-corrected chi connectivity index (χ1v) is 7.67. The highest BCUT2D eigenvalue weighted by Gasteiger charge is 2.34. The van der Waals surface area contributed by atoms with E-state index < -0.39 is 17.8 Å². The van der Waals surface area contributed by atoms with Crippen molar-refractivity contribution in [3.8, 4) is 0 Å². The number of rotatable bonds is 4. The molecular weight excluding hydrogens is 274 g/mol. The zero-order valence-corrected chi connectivity index (χ0v) is 12.0. The van der Waals surface area contributed by atoms with Crippen molar-refractivity contribution in [1.82, 2.24) is 0 Å². The minimum absolute atomic E-state index is 0.219. The molecule has 0 fully saturated rings. The Balaban J connectivity index is 2.14. The molecule has 1 aliphatic carbocycles. The molecule has 2 N–H and O–H groups in total. The highest BCUT2D eigenvalue weighted by molar-refractivity contribution is 7.98. The molecule has 0 heterocycles. The smallest absolute Gasteiger partial charge is 0.307 e. The van der Waals surface area contributed by atoms with Crippen LogP contribution in [0.4, 0.5) is 5.69 Å². The van der Waals surface area contributed by atoms with E-state index in [1.165, 1.54) is 0 Å². The minimum atomic E-state index is -0.910. The molecule has 106 valence electrons. The lowest BCUT2D eigenvalue weighted by atomic mass is 9.82. The minimum Gasteiger partial charge on any atom is -0.481 e. The fourth-order valence-corrected chi connectivity index (χ4v) is 2.90. The number of nitrogens with one attached hydrogen (secondary N) is 1. The van der Waals surface area contributed by atoms with E-state index >= 15 is 0 Å². The summed E-state index contributed by atoms with van der Waals surface area (Å²) in [7, 11) is 0. The molecule has 2 rings (SSSR count). The van der Waals surface area contributed by atoms with Crippen molar-refractivity contribution in [2.24, 2.45) is 11.8 Å². The Morgan fingerprint density at radius 1 is 1.20 bits per heavy atom. The molecule has 0 saturated heterocycles. The normalized spacial score (nSPS) is 21.4. The van der Waals surface area contributed by atoms with Crippen LogP contribution in [0.25, 0.3) is 0 Å². The summed E-state index contributed by atoms with van der Waals surface area (Å²) >= 11 is 1.55. The topological polar surface area (TPSA) is 66.4 Å². The van der Waals surface area contributed by atoms with E-state index in [2.05, 4.69) is 5.32 Å². The molecule has 1 aromatic carbocycles. The molecule has 0 spiro atoms. The van der Waals surface area contributed by atoms with Gasteiger partial charge in [0.05, 0.1) is 17.5 Å². The summed E-state index contributed by atoms with van der Waals surface area (Å²) in [4.78, 5) is 24.5. The third-order valence-electron chi connectivity index (χ3n) is 3.45.